The minimum atomic E-state index is -0.330. The van der Waals surface area contributed by atoms with E-state index in [1.165, 1.54) is 6.20 Å². The Morgan fingerprint density at radius 3 is 2.71 bits per heavy atom. The van der Waals surface area contributed by atoms with Crippen molar-refractivity contribution in [2.24, 2.45) is 0 Å². The van der Waals surface area contributed by atoms with Gasteiger partial charge in [-0.25, -0.2) is 4.98 Å². The van der Waals surface area contributed by atoms with E-state index in [-0.39, 0.29) is 18.2 Å². The van der Waals surface area contributed by atoms with Crippen LogP contribution in [0.2, 0.25) is 0 Å². The zero-order valence-corrected chi connectivity index (χ0v) is 11.2. The second-order valence-electron chi connectivity index (χ2n) is 4.56. The number of hydrogen-bond donors (Lipinski definition) is 2. The van der Waals surface area contributed by atoms with E-state index in [1.54, 1.807) is 24.3 Å². The molecule has 3 rings (SSSR count). The summed E-state index contributed by atoms with van der Waals surface area (Å²) in [5.74, 6) is -0.330. The van der Waals surface area contributed by atoms with Crippen molar-refractivity contribution in [3.8, 4) is 0 Å². The maximum atomic E-state index is 12.2. The number of nitrogens with one attached hydrogen (secondary N) is 1. The number of aromatic nitrogens is 2. The molecule has 104 valence electrons. The first-order valence-corrected chi connectivity index (χ1v) is 6.49. The van der Waals surface area contributed by atoms with Crippen LogP contribution in [-0.2, 0) is 6.61 Å². The summed E-state index contributed by atoms with van der Waals surface area (Å²) in [7, 11) is 0. The molecule has 3 aromatic rings. The number of benzene rings is 2. The molecule has 0 saturated carbocycles. The van der Waals surface area contributed by atoms with Crippen LogP contribution in [0.4, 0.5) is 5.69 Å². The minimum absolute atomic E-state index is 0.0699. The van der Waals surface area contributed by atoms with Gasteiger partial charge in [0.05, 0.1) is 23.8 Å². The third-order valence-electron chi connectivity index (χ3n) is 3.05. The van der Waals surface area contributed by atoms with Gasteiger partial charge in [0.2, 0.25) is 0 Å². The Morgan fingerprint density at radius 2 is 1.90 bits per heavy atom. The molecule has 0 radical (unpaired) electrons. The van der Waals surface area contributed by atoms with Crippen LogP contribution in [0.1, 0.15) is 16.1 Å². The summed E-state index contributed by atoms with van der Waals surface area (Å²) in [6.45, 7) is -0.0699. The molecule has 2 aromatic carbocycles. The fourth-order valence-corrected chi connectivity index (χ4v) is 2.01. The largest absolute Gasteiger partial charge is 0.392 e. The van der Waals surface area contributed by atoms with E-state index in [4.69, 9.17) is 5.11 Å². The number of anilines is 1. The van der Waals surface area contributed by atoms with Gasteiger partial charge in [-0.3, -0.25) is 9.78 Å². The Balaban J connectivity index is 1.86. The molecule has 1 amide bonds. The number of fused-ring (bicyclic) bond motifs is 1. The number of aliphatic hydroxyl groups excluding tert-OH is 1. The van der Waals surface area contributed by atoms with E-state index in [0.29, 0.717) is 11.2 Å². The van der Waals surface area contributed by atoms with E-state index in [1.807, 2.05) is 24.3 Å². The summed E-state index contributed by atoms with van der Waals surface area (Å²) >= 11 is 0. The van der Waals surface area contributed by atoms with Crippen LogP contribution in [0.5, 0.6) is 0 Å². The van der Waals surface area contributed by atoms with Crippen molar-refractivity contribution in [2.75, 3.05) is 5.32 Å². The number of hydrogen-bond acceptors (Lipinski definition) is 4. The molecule has 1 heterocycles. The summed E-state index contributed by atoms with van der Waals surface area (Å²) < 4.78 is 0. The molecule has 21 heavy (non-hydrogen) atoms. The Kier molecular flexibility index (Phi) is 3.57. The van der Waals surface area contributed by atoms with Crippen molar-refractivity contribution in [1.29, 1.82) is 0 Å². The Bertz CT molecular complexity index is 802. The first-order chi connectivity index (χ1) is 10.3. The molecule has 5 heteroatoms. The molecular weight excluding hydrogens is 266 g/mol. The van der Waals surface area contributed by atoms with Crippen LogP contribution in [0, 0.1) is 0 Å². The third kappa shape index (κ3) is 2.88. The van der Waals surface area contributed by atoms with E-state index >= 15 is 0 Å². The summed E-state index contributed by atoms with van der Waals surface area (Å²) in [5, 5.41) is 11.8. The second kappa shape index (κ2) is 5.68. The first-order valence-electron chi connectivity index (χ1n) is 6.49. The summed E-state index contributed by atoms with van der Waals surface area (Å²) in [5.41, 5.74) is 3.02. The Morgan fingerprint density at radius 1 is 1.10 bits per heavy atom. The van der Waals surface area contributed by atoms with Gasteiger partial charge in [0.1, 0.15) is 5.69 Å². The lowest BCUT2D eigenvalue weighted by Gasteiger charge is -2.06. The number of para-hydroxylation sites is 2. The highest BCUT2D eigenvalue weighted by atomic mass is 16.3. The van der Waals surface area contributed by atoms with Crippen molar-refractivity contribution >= 4 is 22.6 Å². The lowest BCUT2D eigenvalue weighted by atomic mass is 10.2. The van der Waals surface area contributed by atoms with Crippen LogP contribution in [-0.4, -0.2) is 21.0 Å². The highest BCUT2D eigenvalue weighted by molar-refractivity contribution is 6.03. The number of carbonyl (C=O) groups is 1. The molecule has 0 unspecified atom stereocenters. The number of aliphatic hydroxyl groups is 1. The third-order valence-corrected chi connectivity index (χ3v) is 3.05. The van der Waals surface area contributed by atoms with E-state index < -0.39 is 0 Å². The van der Waals surface area contributed by atoms with Crippen molar-refractivity contribution in [3.05, 3.63) is 66.0 Å². The standard InChI is InChI=1S/C16H13N3O2/c20-10-11-4-3-5-12(8-11)18-16(21)15-9-17-13-6-1-2-7-14(13)19-15/h1-9,20H,10H2,(H,18,21). The molecule has 0 saturated heterocycles. The minimum Gasteiger partial charge on any atom is -0.392 e. The second-order valence-corrected chi connectivity index (χ2v) is 4.56. The SMILES string of the molecule is O=C(Nc1cccc(CO)c1)c1cnc2ccccc2n1. The summed E-state index contributed by atoms with van der Waals surface area (Å²) in [6, 6.07) is 14.4. The van der Waals surface area contributed by atoms with E-state index in [9.17, 15) is 4.79 Å². The van der Waals surface area contributed by atoms with Gasteiger partial charge in [-0.2, -0.15) is 0 Å². The Hall–Kier alpha value is -2.79. The van der Waals surface area contributed by atoms with Gasteiger partial charge >= 0.3 is 0 Å². The molecule has 0 aliphatic rings. The van der Waals surface area contributed by atoms with Crippen molar-refractivity contribution < 1.29 is 9.90 Å². The van der Waals surface area contributed by atoms with Crippen LogP contribution in [0.25, 0.3) is 11.0 Å². The number of rotatable bonds is 3. The van der Waals surface area contributed by atoms with Crippen LogP contribution in [0.3, 0.4) is 0 Å². The molecular formula is C16H13N3O2. The lowest BCUT2D eigenvalue weighted by molar-refractivity contribution is 0.102. The predicted octanol–water partition coefficient (Wildman–Crippen LogP) is 2.37. The van der Waals surface area contributed by atoms with Gasteiger partial charge in [0.25, 0.3) is 5.91 Å². The zero-order valence-electron chi connectivity index (χ0n) is 11.2. The molecule has 0 spiro atoms. The fourth-order valence-electron chi connectivity index (χ4n) is 2.01. The topological polar surface area (TPSA) is 75.1 Å². The number of nitrogens with zero attached hydrogens (tertiary/aromatic N) is 2. The molecule has 1 aromatic heterocycles. The highest BCUT2D eigenvalue weighted by Gasteiger charge is 2.09. The van der Waals surface area contributed by atoms with Crippen molar-refractivity contribution in [1.82, 2.24) is 9.97 Å². The maximum absolute atomic E-state index is 12.2. The van der Waals surface area contributed by atoms with Gasteiger partial charge in [-0.05, 0) is 29.8 Å². The average molecular weight is 279 g/mol. The lowest BCUT2D eigenvalue weighted by Crippen LogP contribution is -2.14. The molecule has 0 aliphatic carbocycles. The average Bonchev–Trinajstić information content (AvgIpc) is 2.54. The first kappa shape index (κ1) is 13.2. The van der Waals surface area contributed by atoms with Gasteiger partial charge < -0.3 is 10.4 Å². The van der Waals surface area contributed by atoms with Crippen LogP contribution < -0.4 is 5.32 Å². The van der Waals surface area contributed by atoms with Crippen LogP contribution >= 0.6 is 0 Å². The molecule has 5 nitrogen and oxygen atoms in total. The van der Waals surface area contributed by atoms with Gasteiger partial charge in [0.15, 0.2) is 0 Å². The van der Waals surface area contributed by atoms with Crippen molar-refractivity contribution in [3.63, 3.8) is 0 Å². The summed E-state index contributed by atoms with van der Waals surface area (Å²) in [6.07, 6.45) is 1.45. The molecule has 2 N–H and O–H groups in total. The normalized spacial score (nSPS) is 10.5. The molecule has 0 bridgehead atoms. The van der Waals surface area contributed by atoms with E-state index in [2.05, 4.69) is 15.3 Å². The smallest absolute Gasteiger partial charge is 0.275 e. The molecule has 0 aliphatic heterocycles. The van der Waals surface area contributed by atoms with Gasteiger partial charge in [0, 0.05) is 5.69 Å². The van der Waals surface area contributed by atoms with Crippen LogP contribution in [0.15, 0.2) is 54.7 Å². The maximum Gasteiger partial charge on any atom is 0.275 e. The monoisotopic (exact) mass is 279 g/mol. The van der Waals surface area contributed by atoms with E-state index in [0.717, 1.165) is 11.1 Å². The van der Waals surface area contributed by atoms with Gasteiger partial charge in [-0.15, -0.1) is 0 Å². The Labute approximate surface area is 121 Å². The van der Waals surface area contributed by atoms with Gasteiger partial charge in [-0.1, -0.05) is 24.3 Å². The predicted molar refractivity (Wildman–Crippen MR) is 79.9 cm³/mol. The zero-order chi connectivity index (χ0) is 14.7. The molecule has 0 fully saturated rings. The highest BCUT2D eigenvalue weighted by Crippen LogP contribution is 2.13. The quantitative estimate of drug-likeness (QED) is 0.772. The summed E-state index contributed by atoms with van der Waals surface area (Å²) in [4.78, 5) is 20.7. The van der Waals surface area contributed by atoms with Crippen molar-refractivity contribution in [2.45, 2.75) is 6.61 Å². The molecule has 0 atom stereocenters. The fraction of sp³-hybridized carbons (Fsp3) is 0.0625. The number of amides is 1. The number of carbonyl (C=O) groups excluding carboxylic acids is 1.